The van der Waals surface area contributed by atoms with Gasteiger partial charge in [-0.3, -0.25) is 0 Å². The first-order valence-electron chi connectivity index (χ1n) is 9.09. The Morgan fingerprint density at radius 2 is 1.31 bits per heavy atom. The summed E-state index contributed by atoms with van der Waals surface area (Å²) in [6.45, 7) is 3.61. The molecule has 0 aliphatic rings. The fourth-order valence-electron chi connectivity index (χ4n) is 2.32. The minimum absolute atomic E-state index is 0. The number of rotatable bonds is 10. The molecule has 1 aromatic carbocycles. The van der Waals surface area contributed by atoms with Gasteiger partial charge in [-0.1, -0.05) is 45.4 Å². The van der Waals surface area contributed by atoms with Gasteiger partial charge in [0.1, 0.15) is 5.75 Å². The van der Waals surface area contributed by atoms with E-state index >= 15 is 0 Å². The highest BCUT2D eigenvalue weighted by Crippen LogP contribution is 2.09. The molecule has 5 nitrogen and oxygen atoms in total. The van der Waals surface area contributed by atoms with Gasteiger partial charge in [0.25, 0.3) is 0 Å². The predicted octanol–water partition coefficient (Wildman–Crippen LogP) is 1.10. The molecule has 154 valence electrons. The maximum absolute atomic E-state index is 10.2. The number of quaternary nitrogens is 1. The van der Waals surface area contributed by atoms with Crippen LogP contribution >= 0.6 is 0 Å². The van der Waals surface area contributed by atoms with Gasteiger partial charge in [-0.2, -0.15) is 0 Å². The summed E-state index contributed by atoms with van der Waals surface area (Å²) >= 11 is 0. The average molecular weight is 436 g/mol. The zero-order chi connectivity index (χ0) is 18.4. The van der Waals surface area contributed by atoms with Gasteiger partial charge >= 0.3 is 5.97 Å². The molecule has 0 aromatic heterocycles. The zero-order valence-electron chi connectivity index (χ0n) is 16.8. The molecular weight excluding hydrogens is 398 g/mol. The Balaban J connectivity index is -0.000000393. The fraction of sp³-hybridized carbons (Fsp3) is 0.650. The van der Waals surface area contributed by atoms with Crippen molar-refractivity contribution in [2.24, 2.45) is 0 Å². The molecule has 0 saturated carbocycles. The minimum Gasteiger partial charge on any atom is -1.00 e. The Bertz CT molecular complexity index is 444. The molecule has 0 radical (unpaired) electrons. The van der Waals surface area contributed by atoms with Crippen LogP contribution in [-0.4, -0.2) is 53.8 Å². The Kier molecular flexibility index (Phi) is 19.7. The van der Waals surface area contributed by atoms with Crippen LogP contribution in [0.25, 0.3) is 0 Å². The number of nitrogens with zero attached hydrogens (tertiary/aromatic N) is 1. The second-order valence-electron chi connectivity index (χ2n) is 7.34. The number of phenolic OH excluding ortho intramolecular Hbond substituents is 1. The fourth-order valence-corrected chi connectivity index (χ4v) is 2.32. The van der Waals surface area contributed by atoms with Crippen molar-refractivity contribution in [3.05, 3.63) is 29.8 Å². The Morgan fingerprint density at radius 3 is 1.69 bits per heavy atom. The first-order chi connectivity index (χ1) is 11.3. The molecule has 0 fully saturated rings. The molecule has 4 N–H and O–H groups in total. The van der Waals surface area contributed by atoms with Gasteiger partial charge < -0.3 is 37.2 Å². The van der Waals surface area contributed by atoms with Gasteiger partial charge in [-0.25, -0.2) is 4.79 Å². The van der Waals surface area contributed by atoms with E-state index in [1.807, 2.05) is 0 Å². The third kappa shape index (κ3) is 19.2. The number of benzene rings is 1. The minimum atomic E-state index is -0.986. The van der Waals surface area contributed by atoms with Crippen molar-refractivity contribution in [3.8, 4) is 5.75 Å². The zero-order valence-corrected chi connectivity index (χ0v) is 18.4. The number of aromatic hydroxyl groups is 1. The van der Waals surface area contributed by atoms with E-state index in [2.05, 4.69) is 28.1 Å². The summed E-state index contributed by atoms with van der Waals surface area (Å²) < 4.78 is 1.12. The van der Waals surface area contributed by atoms with Crippen molar-refractivity contribution in [2.45, 2.75) is 58.3 Å². The predicted molar refractivity (Wildman–Crippen MR) is 104 cm³/mol. The number of unbranched alkanes of at least 4 members (excludes halogenated alkanes) is 7. The summed E-state index contributed by atoms with van der Waals surface area (Å²) in [5.41, 5.74) is 0.179. The van der Waals surface area contributed by atoms with Gasteiger partial charge in [-0.05, 0) is 37.1 Å². The number of aromatic carboxylic acids is 1. The highest BCUT2D eigenvalue weighted by atomic mass is 79.9. The lowest BCUT2D eigenvalue weighted by molar-refractivity contribution is -0.870. The topological polar surface area (TPSA) is 89.0 Å². The lowest BCUT2D eigenvalue weighted by Gasteiger charge is -2.23. The van der Waals surface area contributed by atoms with E-state index in [1.54, 1.807) is 0 Å². The third-order valence-corrected chi connectivity index (χ3v) is 3.80. The number of carbonyl (C=O) groups is 1. The van der Waals surface area contributed by atoms with Crippen LogP contribution in [0.2, 0.25) is 0 Å². The highest BCUT2D eigenvalue weighted by Gasteiger charge is 2.04. The van der Waals surface area contributed by atoms with E-state index in [4.69, 9.17) is 10.2 Å². The number of halogens is 1. The first-order valence-corrected chi connectivity index (χ1v) is 9.09. The first kappa shape index (κ1) is 29.6. The van der Waals surface area contributed by atoms with E-state index in [-0.39, 0.29) is 33.8 Å². The normalized spacial score (nSPS) is 10.0. The second-order valence-corrected chi connectivity index (χ2v) is 7.34. The van der Waals surface area contributed by atoms with E-state index in [1.165, 1.54) is 82.2 Å². The summed E-state index contributed by atoms with van der Waals surface area (Å²) in [5.74, 6) is -0.912. The molecule has 0 heterocycles. The lowest BCUT2D eigenvalue weighted by Crippen LogP contribution is -3.00. The smallest absolute Gasteiger partial charge is 0.335 e. The van der Waals surface area contributed by atoms with Gasteiger partial charge in [-0.15, -0.1) is 0 Å². The van der Waals surface area contributed by atoms with Crippen molar-refractivity contribution in [1.82, 2.24) is 0 Å². The molecule has 0 aliphatic heterocycles. The number of phenols is 1. The maximum atomic E-state index is 10.2. The standard InChI is InChI=1S/C13H30N.C7H6O3.BrH.H2O/c1-5-6-7-8-9-10-11-12-13-14(2,3)4;8-6-3-1-5(2-4-6)7(9)10;;/h5-13H2,1-4H3;1-4,8H,(H,9,10);1H;1H2/q+1;;;/p-1. The molecule has 26 heavy (non-hydrogen) atoms. The molecule has 0 aliphatic carbocycles. The van der Waals surface area contributed by atoms with Crippen LogP contribution in [0.3, 0.4) is 0 Å². The van der Waals surface area contributed by atoms with Gasteiger partial charge in [0.15, 0.2) is 0 Å². The number of carboxylic acid groups (broad SMARTS) is 1. The Morgan fingerprint density at radius 1 is 0.885 bits per heavy atom. The molecular formula is C20H38BrNO4. The van der Waals surface area contributed by atoms with E-state index in [0.717, 1.165) is 4.48 Å². The van der Waals surface area contributed by atoms with Gasteiger partial charge in [0.05, 0.1) is 33.3 Å². The summed E-state index contributed by atoms with van der Waals surface area (Å²) in [6.07, 6.45) is 11.4. The van der Waals surface area contributed by atoms with Crippen molar-refractivity contribution in [3.63, 3.8) is 0 Å². The largest absolute Gasteiger partial charge is 1.00 e. The Labute approximate surface area is 169 Å². The molecule has 0 spiro atoms. The second kappa shape index (κ2) is 17.3. The van der Waals surface area contributed by atoms with Crippen molar-refractivity contribution < 1.29 is 41.9 Å². The summed E-state index contributed by atoms with van der Waals surface area (Å²) in [4.78, 5) is 10.2. The number of carboxylic acids is 1. The van der Waals surface area contributed by atoms with Crippen molar-refractivity contribution in [2.75, 3.05) is 27.7 Å². The van der Waals surface area contributed by atoms with E-state index in [9.17, 15) is 4.79 Å². The molecule has 0 bridgehead atoms. The van der Waals surface area contributed by atoms with Crippen LogP contribution in [0.1, 0.15) is 68.6 Å². The van der Waals surface area contributed by atoms with Crippen molar-refractivity contribution in [1.29, 1.82) is 0 Å². The van der Waals surface area contributed by atoms with Gasteiger partial charge in [0, 0.05) is 0 Å². The monoisotopic (exact) mass is 435 g/mol. The molecule has 0 saturated heterocycles. The summed E-state index contributed by atoms with van der Waals surface area (Å²) in [6, 6.07) is 5.36. The lowest BCUT2D eigenvalue weighted by atomic mass is 10.1. The SMILES string of the molecule is CCCCCCCCCC[N+](C)(C)C.O.O=C(O)c1ccc(O)cc1.[Br-]. The molecule has 0 amide bonds. The van der Waals surface area contributed by atoms with Crippen LogP contribution in [0, 0.1) is 0 Å². The van der Waals surface area contributed by atoms with Crippen molar-refractivity contribution >= 4 is 5.97 Å². The molecule has 1 rings (SSSR count). The van der Waals surface area contributed by atoms with Crippen LogP contribution in [-0.2, 0) is 0 Å². The number of hydrogen-bond donors (Lipinski definition) is 2. The molecule has 6 heteroatoms. The van der Waals surface area contributed by atoms with E-state index in [0.29, 0.717) is 0 Å². The quantitative estimate of drug-likeness (QED) is 0.425. The molecule has 0 atom stereocenters. The maximum Gasteiger partial charge on any atom is 0.335 e. The van der Waals surface area contributed by atoms with Crippen LogP contribution in [0.5, 0.6) is 5.75 Å². The highest BCUT2D eigenvalue weighted by molar-refractivity contribution is 5.87. The third-order valence-electron chi connectivity index (χ3n) is 3.80. The summed E-state index contributed by atoms with van der Waals surface area (Å²) in [5, 5.41) is 17.1. The molecule has 1 aromatic rings. The van der Waals surface area contributed by atoms with E-state index < -0.39 is 5.97 Å². The molecule has 0 unspecified atom stereocenters. The summed E-state index contributed by atoms with van der Waals surface area (Å²) in [7, 11) is 6.84. The Hall–Kier alpha value is -1.11. The average Bonchev–Trinajstić information content (AvgIpc) is 2.50. The van der Waals surface area contributed by atoms with Crippen LogP contribution in [0.4, 0.5) is 0 Å². The van der Waals surface area contributed by atoms with Crippen LogP contribution in [0.15, 0.2) is 24.3 Å². The van der Waals surface area contributed by atoms with Crippen LogP contribution < -0.4 is 17.0 Å². The number of hydrogen-bond acceptors (Lipinski definition) is 2. The van der Waals surface area contributed by atoms with Gasteiger partial charge in [0.2, 0.25) is 0 Å².